The fraction of sp³-hybridized carbons (Fsp3) is 0.462. The average molecular weight is 330 g/mol. The van der Waals surface area contributed by atoms with Gasteiger partial charge in [-0.25, -0.2) is 0 Å². The van der Waals surface area contributed by atoms with Crippen LogP contribution in [0, 0.1) is 0 Å². The van der Waals surface area contributed by atoms with Crippen molar-refractivity contribution in [2.24, 2.45) is 0 Å². The lowest BCUT2D eigenvalue weighted by atomic mass is 10.1. The lowest BCUT2D eigenvalue weighted by molar-refractivity contribution is -0.121. The molecule has 2 atom stereocenters. The highest BCUT2D eigenvalue weighted by atomic mass is 79.9. The molecule has 1 aromatic rings. The van der Waals surface area contributed by atoms with Crippen molar-refractivity contribution in [3.63, 3.8) is 0 Å². The number of thioether (sulfide) groups is 1. The molecule has 3 nitrogen and oxygen atoms in total. The monoisotopic (exact) mass is 329 g/mol. The summed E-state index contributed by atoms with van der Waals surface area (Å²) in [5.74, 6) is 0.0951. The molecule has 1 aliphatic rings. The Bertz CT molecular complexity index is 402. The Balaban J connectivity index is 1.92. The van der Waals surface area contributed by atoms with E-state index in [9.17, 15) is 4.79 Å². The minimum Gasteiger partial charge on any atom is -0.383 e. The van der Waals surface area contributed by atoms with E-state index in [1.807, 2.05) is 12.1 Å². The Morgan fingerprint density at radius 2 is 2.39 bits per heavy atom. The first-order valence-corrected chi connectivity index (χ1v) is 7.84. The standard InChI is InChI=1S/C13H16BrNO2S/c1-17-8-10(7-14)15-13(16)12-6-9-4-2-3-5-11(9)18-12/h2-5,10,12H,6-8H2,1H3,(H,15,16). The normalized spacial score (nSPS) is 19.3. The molecular formula is C13H16BrNO2S. The number of ether oxygens (including phenoxy) is 1. The molecule has 0 fully saturated rings. The number of hydrogen-bond acceptors (Lipinski definition) is 3. The van der Waals surface area contributed by atoms with Gasteiger partial charge < -0.3 is 10.1 Å². The fourth-order valence-electron chi connectivity index (χ4n) is 1.95. The van der Waals surface area contributed by atoms with Crippen molar-refractivity contribution >= 4 is 33.6 Å². The second-order valence-corrected chi connectivity index (χ2v) is 6.13. The SMILES string of the molecule is COCC(CBr)NC(=O)C1Cc2ccccc2S1. The van der Waals surface area contributed by atoms with Gasteiger partial charge in [-0.05, 0) is 18.1 Å². The summed E-state index contributed by atoms with van der Waals surface area (Å²) in [4.78, 5) is 13.4. The zero-order valence-electron chi connectivity index (χ0n) is 10.2. The van der Waals surface area contributed by atoms with Crippen molar-refractivity contribution in [3.8, 4) is 0 Å². The van der Waals surface area contributed by atoms with Crippen LogP contribution in [0.3, 0.4) is 0 Å². The van der Waals surface area contributed by atoms with Crippen molar-refractivity contribution in [3.05, 3.63) is 29.8 Å². The highest BCUT2D eigenvalue weighted by Gasteiger charge is 2.28. The van der Waals surface area contributed by atoms with E-state index in [-0.39, 0.29) is 17.2 Å². The summed E-state index contributed by atoms with van der Waals surface area (Å²) >= 11 is 5.03. The number of rotatable bonds is 5. The quantitative estimate of drug-likeness (QED) is 0.842. The first kappa shape index (κ1) is 13.9. The van der Waals surface area contributed by atoms with E-state index in [1.54, 1.807) is 18.9 Å². The average Bonchev–Trinajstić information content (AvgIpc) is 2.82. The van der Waals surface area contributed by atoms with Crippen molar-refractivity contribution < 1.29 is 9.53 Å². The molecule has 98 valence electrons. The summed E-state index contributed by atoms with van der Waals surface area (Å²) in [6.45, 7) is 0.529. The largest absolute Gasteiger partial charge is 0.383 e. The number of amides is 1. The molecule has 18 heavy (non-hydrogen) atoms. The smallest absolute Gasteiger partial charge is 0.234 e. The minimum absolute atomic E-state index is 0.0131. The lowest BCUT2D eigenvalue weighted by Gasteiger charge is -2.17. The molecule has 0 aliphatic carbocycles. The predicted molar refractivity (Wildman–Crippen MR) is 77.4 cm³/mol. The Morgan fingerprint density at radius 3 is 3.06 bits per heavy atom. The zero-order chi connectivity index (χ0) is 13.0. The van der Waals surface area contributed by atoms with E-state index in [2.05, 4.69) is 33.4 Å². The number of hydrogen-bond donors (Lipinski definition) is 1. The first-order chi connectivity index (χ1) is 8.74. The van der Waals surface area contributed by atoms with Crippen LogP contribution in [0.5, 0.6) is 0 Å². The molecule has 0 bridgehead atoms. The lowest BCUT2D eigenvalue weighted by Crippen LogP contribution is -2.43. The maximum absolute atomic E-state index is 12.1. The van der Waals surface area contributed by atoms with Crippen molar-refractivity contribution in [1.29, 1.82) is 0 Å². The number of fused-ring (bicyclic) bond motifs is 1. The molecule has 0 radical (unpaired) electrons. The van der Waals surface area contributed by atoms with E-state index in [0.717, 1.165) is 6.42 Å². The maximum atomic E-state index is 12.1. The third-order valence-corrected chi connectivity index (χ3v) is 4.94. The van der Waals surface area contributed by atoms with Gasteiger partial charge in [0, 0.05) is 17.3 Å². The predicted octanol–water partition coefficient (Wildman–Crippen LogP) is 2.23. The van der Waals surface area contributed by atoms with E-state index in [4.69, 9.17) is 4.74 Å². The first-order valence-electron chi connectivity index (χ1n) is 5.84. The van der Waals surface area contributed by atoms with Crippen LogP contribution in [0.2, 0.25) is 0 Å². The summed E-state index contributed by atoms with van der Waals surface area (Å²) in [6.07, 6.45) is 0.814. The van der Waals surface area contributed by atoms with Crippen molar-refractivity contribution in [1.82, 2.24) is 5.32 Å². The third-order valence-electron chi connectivity index (χ3n) is 2.84. The van der Waals surface area contributed by atoms with Crippen LogP contribution in [0.1, 0.15) is 5.56 Å². The van der Waals surface area contributed by atoms with E-state index < -0.39 is 0 Å². The summed E-state index contributed by atoms with van der Waals surface area (Å²) in [7, 11) is 1.64. The molecule has 0 aromatic heterocycles. The summed E-state index contributed by atoms with van der Waals surface area (Å²) in [5.41, 5.74) is 1.27. The Hall–Kier alpha value is -0.520. The molecule has 1 N–H and O–H groups in total. The molecule has 1 amide bonds. The van der Waals surface area contributed by atoms with Crippen LogP contribution in [0.25, 0.3) is 0 Å². The Morgan fingerprint density at radius 1 is 1.61 bits per heavy atom. The number of methoxy groups -OCH3 is 1. The molecule has 0 saturated heterocycles. The Labute approximate surface area is 120 Å². The third kappa shape index (κ3) is 3.28. The second kappa shape index (κ2) is 6.59. The topological polar surface area (TPSA) is 38.3 Å². The summed E-state index contributed by atoms with van der Waals surface area (Å²) in [6, 6.07) is 8.23. The highest BCUT2D eigenvalue weighted by Crippen LogP contribution is 2.36. The van der Waals surface area contributed by atoms with Gasteiger partial charge in [0.25, 0.3) is 0 Å². The molecular weight excluding hydrogens is 314 g/mol. The van der Waals surface area contributed by atoms with Gasteiger partial charge in [0.2, 0.25) is 5.91 Å². The van der Waals surface area contributed by atoms with Crippen LogP contribution in [0.15, 0.2) is 29.2 Å². The van der Waals surface area contributed by atoms with Gasteiger partial charge in [0.1, 0.15) is 0 Å². The van der Waals surface area contributed by atoms with Gasteiger partial charge in [-0.3, -0.25) is 4.79 Å². The van der Waals surface area contributed by atoms with Gasteiger partial charge in [-0.15, -0.1) is 11.8 Å². The van der Waals surface area contributed by atoms with Gasteiger partial charge in [0.05, 0.1) is 17.9 Å². The Kier molecular flexibility index (Phi) is 5.09. The van der Waals surface area contributed by atoms with Crippen LogP contribution in [-0.4, -0.2) is 36.2 Å². The molecule has 1 aliphatic heterocycles. The number of benzene rings is 1. The van der Waals surface area contributed by atoms with Gasteiger partial charge >= 0.3 is 0 Å². The maximum Gasteiger partial charge on any atom is 0.234 e. The molecule has 1 heterocycles. The van der Waals surface area contributed by atoms with Crippen LogP contribution < -0.4 is 5.32 Å². The van der Waals surface area contributed by atoms with Crippen LogP contribution in [-0.2, 0) is 16.0 Å². The number of carbonyl (C=O) groups is 1. The van der Waals surface area contributed by atoms with E-state index in [1.165, 1.54) is 10.5 Å². The van der Waals surface area contributed by atoms with Crippen LogP contribution in [0.4, 0.5) is 0 Å². The van der Waals surface area contributed by atoms with Gasteiger partial charge in [-0.1, -0.05) is 34.1 Å². The van der Waals surface area contributed by atoms with E-state index >= 15 is 0 Å². The summed E-state index contributed by atoms with van der Waals surface area (Å²) in [5, 5.41) is 3.70. The molecule has 5 heteroatoms. The number of carbonyl (C=O) groups excluding carboxylic acids is 1. The van der Waals surface area contributed by atoms with Crippen molar-refractivity contribution in [2.45, 2.75) is 22.6 Å². The molecule has 0 saturated carbocycles. The van der Waals surface area contributed by atoms with E-state index in [0.29, 0.717) is 11.9 Å². The van der Waals surface area contributed by atoms with Gasteiger partial charge in [0.15, 0.2) is 0 Å². The van der Waals surface area contributed by atoms with Crippen LogP contribution >= 0.6 is 27.7 Å². The zero-order valence-corrected chi connectivity index (χ0v) is 12.6. The molecule has 2 rings (SSSR count). The molecule has 0 spiro atoms. The molecule has 2 unspecified atom stereocenters. The number of halogens is 1. The summed E-state index contributed by atoms with van der Waals surface area (Å²) < 4.78 is 5.07. The number of nitrogens with one attached hydrogen (secondary N) is 1. The molecule has 1 aromatic carbocycles. The number of alkyl halides is 1. The fourth-order valence-corrected chi connectivity index (χ4v) is 3.50. The van der Waals surface area contributed by atoms with Crippen molar-refractivity contribution in [2.75, 3.05) is 19.0 Å². The minimum atomic E-state index is -0.0131. The second-order valence-electron chi connectivity index (χ2n) is 4.23. The highest BCUT2D eigenvalue weighted by molar-refractivity contribution is 9.09. The van der Waals surface area contributed by atoms with Gasteiger partial charge in [-0.2, -0.15) is 0 Å².